The minimum absolute atomic E-state index is 0.00958. The summed E-state index contributed by atoms with van der Waals surface area (Å²) in [4.78, 5) is 62.6. The molecular formula is C22H32N8O10S2. The van der Waals surface area contributed by atoms with Crippen LogP contribution in [0, 0.1) is 0 Å². The number of aromatic nitrogens is 1. The zero-order chi connectivity index (χ0) is 32.3. The van der Waals surface area contributed by atoms with Gasteiger partial charge in [0.15, 0.2) is 10.8 Å². The molecule has 1 aliphatic rings. The number of anilines is 1. The first-order valence-electron chi connectivity index (χ1n) is 12.1. The molecule has 0 unspecified atom stereocenters. The van der Waals surface area contributed by atoms with Crippen molar-refractivity contribution in [1.82, 2.24) is 14.6 Å². The number of hydrogen-bond donors (Lipinski definition) is 3. The van der Waals surface area contributed by atoms with E-state index >= 15 is 0 Å². The molecule has 2 heterocycles. The van der Waals surface area contributed by atoms with Crippen molar-refractivity contribution in [1.29, 1.82) is 0 Å². The first-order valence-corrected chi connectivity index (χ1v) is 14.4. The van der Waals surface area contributed by atoms with Crippen LogP contribution < -0.4 is 10.6 Å². The van der Waals surface area contributed by atoms with Crippen LogP contribution in [0.25, 0.3) is 10.4 Å². The van der Waals surface area contributed by atoms with Crippen LogP contribution in [0.3, 0.4) is 0 Å². The number of rotatable bonds is 10. The summed E-state index contributed by atoms with van der Waals surface area (Å²) in [6.45, 7) is 11.9. The number of nitrogens with zero attached hydrogens (tertiary/aromatic N) is 6. The van der Waals surface area contributed by atoms with Crippen LogP contribution in [0.15, 0.2) is 15.7 Å². The maximum Gasteiger partial charge on any atom is 0.413 e. The van der Waals surface area contributed by atoms with Gasteiger partial charge >= 0.3 is 22.4 Å². The zero-order valence-corrected chi connectivity index (χ0v) is 25.7. The summed E-state index contributed by atoms with van der Waals surface area (Å²) >= 11 is 0.878. The first kappa shape index (κ1) is 34.2. The molecule has 0 bridgehead atoms. The summed E-state index contributed by atoms with van der Waals surface area (Å²) < 4.78 is 43.1. The van der Waals surface area contributed by atoms with E-state index in [1.807, 2.05) is 0 Å². The number of carbonyl (C=O) groups excluding carboxylic acids is 4. The topological polar surface area (TPSA) is 252 Å². The molecule has 20 heteroatoms. The fourth-order valence-electron chi connectivity index (χ4n) is 3.10. The number of β-lactam (4-membered cyclic amide) rings is 1. The van der Waals surface area contributed by atoms with E-state index in [-0.39, 0.29) is 15.1 Å². The maximum atomic E-state index is 13.3. The fraction of sp³-hybridized carbons (Fsp3) is 0.636. The van der Waals surface area contributed by atoms with Crippen LogP contribution in [0.2, 0.25) is 0 Å². The van der Waals surface area contributed by atoms with E-state index in [1.54, 1.807) is 41.5 Å². The monoisotopic (exact) mass is 632 g/mol. The van der Waals surface area contributed by atoms with Gasteiger partial charge in [0, 0.05) is 10.3 Å². The highest BCUT2D eigenvalue weighted by atomic mass is 32.2. The Morgan fingerprint density at radius 3 is 2.26 bits per heavy atom. The molecule has 0 aliphatic carbocycles. The van der Waals surface area contributed by atoms with Crippen LogP contribution in [-0.2, 0) is 39.0 Å². The molecule has 0 radical (unpaired) electrons. The number of oxime groups is 1. The first-order chi connectivity index (χ1) is 19.1. The lowest BCUT2D eigenvalue weighted by Gasteiger charge is -2.43. The van der Waals surface area contributed by atoms with Crippen LogP contribution in [0.1, 0.15) is 61.1 Å². The van der Waals surface area contributed by atoms with E-state index < -0.39 is 75.3 Å². The molecule has 0 spiro atoms. The maximum absolute atomic E-state index is 13.3. The van der Waals surface area contributed by atoms with Crippen molar-refractivity contribution in [2.45, 2.75) is 84.3 Å². The van der Waals surface area contributed by atoms with Gasteiger partial charge in [-0.05, 0) is 60.9 Å². The largest absolute Gasteiger partial charge is 0.457 e. The Morgan fingerprint density at radius 1 is 1.14 bits per heavy atom. The van der Waals surface area contributed by atoms with Crippen molar-refractivity contribution >= 4 is 56.4 Å². The normalized spacial score (nSPS) is 17.9. The quantitative estimate of drug-likeness (QED) is 0.0492. The predicted octanol–water partition coefficient (Wildman–Crippen LogP) is 2.14. The van der Waals surface area contributed by atoms with E-state index in [0.717, 1.165) is 11.3 Å². The van der Waals surface area contributed by atoms with E-state index in [1.165, 1.54) is 19.2 Å². The third-order valence-electron chi connectivity index (χ3n) is 4.86. The van der Waals surface area contributed by atoms with E-state index in [0.29, 0.717) is 0 Å². The molecule has 3 N–H and O–H groups in total. The number of amides is 3. The molecule has 18 nitrogen and oxygen atoms in total. The Bertz CT molecular complexity index is 1420. The molecule has 3 amide bonds. The Hall–Kier alpha value is -4.00. The smallest absolute Gasteiger partial charge is 0.413 e. The highest BCUT2D eigenvalue weighted by Gasteiger charge is 2.54. The Kier molecular flexibility index (Phi) is 10.2. The van der Waals surface area contributed by atoms with Gasteiger partial charge < -0.3 is 19.6 Å². The Balaban J connectivity index is 2.42. The van der Waals surface area contributed by atoms with Crippen LogP contribution in [-0.4, -0.2) is 87.3 Å². The van der Waals surface area contributed by atoms with Gasteiger partial charge in [-0.1, -0.05) is 10.3 Å². The second-order valence-electron chi connectivity index (χ2n) is 11.3. The number of thiazole rings is 1. The van der Waals surface area contributed by atoms with Crippen LogP contribution >= 0.6 is 11.3 Å². The third-order valence-corrected chi connectivity index (χ3v) is 6.57. The zero-order valence-electron chi connectivity index (χ0n) is 24.1. The molecule has 42 heavy (non-hydrogen) atoms. The highest BCUT2D eigenvalue weighted by Crippen LogP contribution is 2.25. The molecule has 1 fully saturated rings. The van der Waals surface area contributed by atoms with Crippen LogP contribution in [0.5, 0.6) is 0 Å². The van der Waals surface area contributed by atoms with Gasteiger partial charge in [0.25, 0.3) is 11.8 Å². The van der Waals surface area contributed by atoms with Gasteiger partial charge in [0.1, 0.15) is 22.9 Å². The highest BCUT2D eigenvalue weighted by molar-refractivity contribution is 7.84. The van der Waals surface area contributed by atoms with E-state index in [9.17, 15) is 32.1 Å². The summed E-state index contributed by atoms with van der Waals surface area (Å²) in [6, 6.07) is -3.01. The SMILES string of the molecule is CC(C)(C)OC(=O)Nc1nc(/C(=N/OC(C)(C)C(=O)OC(C)(C)C)C(=O)N[C@@H]2C(=O)N(S(=O)(=O)O)[C@@H]2CN=[N+]=[N-])cs1. The number of azide groups is 1. The van der Waals surface area contributed by atoms with Gasteiger partial charge in [-0.15, -0.1) is 11.3 Å². The van der Waals surface area contributed by atoms with Gasteiger partial charge in [0.2, 0.25) is 5.60 Å². The molecule has 0 aromatic carbocycles. The minimum Gasteiger partial charge on any atom is -0.457 e. The molecular weight excluding hydrogens is 600 g/mol. The number of esters is 1. The van der Waals surface area contributed by atoms with E-state index in [2.05, 4.69) is 30.8 Å². The number of hydrogen-bond acceptors (Lipinski definition) is 13. The van der Waals surface area contributed by atoms with Gasteiger partial charge in [0.05, 0.1) is 12.6 Å². The summed E-state index contributed by atoms with van der Waals surface area (Å²) in [5.74, 6) is -3.16. The van der Waals surface area contributed by atoms with E-state index in [4.69, 9.17) is 19.8 Å². The standard InChI is InChI=1S/C22H32N8O10S2/c1-20(2,3)38-17(33)22(7,8)40-28-13(11-10-41-18(25-11)27-19(34)39-21(4,5)6)15(31)26-14-12(9-24-29-23)30(16(14)32)42(35,36)37/h10,12,14H,9H2,1-8H3,(H,26,31)(H,25,27,34)(H,35,36,37)/b28-13-/t12-,14+/m1/s1. The number of ether oxygens (including phenoxy) is 2. The number of carbonyl (C=O) groups is 4. The Morgan fingerprint density at radius 2 is 1.74 bits per heavy atom. The second kappa shape index (κ2) is 12.5. The van der Waals surface area contributed by atoms with Gasteiger partial charge in [-0.3, -0.25) is 19.5 Å². The summed E-state index contributed by atoms with van der Waals surface area (Å²) in [6.07, 6.45) is -0.833. The van der Waals surface area contributed by atoms with Crippen molar-refractivity contribution < 1.29 is 46.5 Å². The summed E-state index contributed by atoms with van der Waals surface area (Å²) in [7, 11) is -5.03. The lowest BCUT2D eigenvalue weighted by molar-refractivity contribution is -0.179. The molecule has 232 valence electrons. The molecule has 1 aromatic heterocycles. The summed E-state index contributed by atoms with van der Waals surface area (Å²) in [5, 5.41) is 12.9. The number of nitrogens with one attached hydrogen (secondary N) is 2. The minimum atomic E-state index is -5.03. The molecule has 1 saturated heterocycles. The lowest BCUT2D eigenvalue weighted by Crippen LogP contribution is -2.73. The van der Waals surface area contributed by atoms with Crippen molar-refractivity contribution in [3.63, 3.8) is 0 Å². The summed E-state index contributed by atoms with van der Waals surface area (Å²) in [5.41, 5.74) is 4.46. The third kappa shape index (κ3) is 9.26. The molecule has 1 aromatic rings. The van der Waals surface area contributed by atoms with Crippen molar-refractivity contribution in [2.24, 2.45) is 10.3 Å². The van der Waals surface area contributed by atoms with Crippen LogP contribution in [0.4, 0.5) is 9.93 Å². The molecule has 0 saturated carbocycles. The average Bonchev–Trinajstić information content (AvgIpc) is 3.24. The van der Waals surface area contributed by atoms with Crippen molar-refractivity contribution in [3.05, 3.63) is 21.5 Å². The van der Waals surface area contributed by atoms with Crippen molar-refractivity contribution in [3.8, 4) is 0 Å². The second-order valence-corrected chi connectivity index (χ2v) is 13.4. The predicted molar refractivity (Wildman–Crippen MR) is 148 cm³/mol. The molecule has 2 atom stereocenters. The average molecular weight is 633 g/mol. The van der Waals surface area contributed by atoms with Gasteiger partial charge in [-0.25, -0.2) is 18.9 Å². The molecule has 1 aliphatic heterocycles. The molecule has 2 rings (SSSR count). The van der Waals surface area contributed by atoms with Gasteiger partial charge in [-0.2, -0.15) is 8.42 Å². The lowest BCUT2D eigenvalue weighted by atomic mass is 9.98. The Labute approximate surface area is 245 Å². The van der Waals surface area contributed by atoms with Crippen molar-refractivity contribution in [2.75, 3.05) is 11.9 Å². The fourth-order valence-corrected chi connectivity index (χ4v) is 4.66.